The number of rotatable bonds is 7. The number of hydrogen-bond acceptors (Lipinski definition) is 1. The van der Waals surface area contributed by atoms with Crippen molar-refractivity contribution in [2.75, 3.05) is 0 Å². The Balaban J connectivity index is 1.14. The molecule has 1 aliphatic carbocycles. The van der Waals surface area contributed by atoms with Crippen LogP contribution in [0.3, 0.4) is 0 Å². The molecule has 2 heteroatoms. The summed E-state index contributed by atoms with van der Waals surface area (Å²) in [5.74, 6) is 0.496. The van der Waals surface area contributed by atoms with Gasteiger partial charge in [0.15, 0.2) is 0 Å². The van der Waals surface area contributed by atoms with Crippen molar-refractivity contribution < 1.29 is 0 Å². The average molecular weight is 731 g/mol. The summed E-state index contributed by atoms with van der Waals surface area (Å²) in [4.78, 5) is 5.14. The van der Waals surface area contributed by atoms with Crippen molar-refractivity contribution in [3.63, 3.8) is 0 Å². The topological polar surface area (TPSA) is 38.4 Å². The number of fused-ring (bicyclic) bond motifs is 7. The lowest BCUT2D eigenvalue weighted by atomic mass is 9.82. The molecule has 0 aliphatic heterocycles. The Labute approximate surface area is 334 Å². The third-order valence-corrected chi connectivity index (χ3v) is 12.0. The molecule has 0 saturated carbocycles. The lowest BCUT2D eigenvalue weighted by Crippen LogP contribution is -2.14. The summed E-state index contributed by atoms with van der Waals surface area (Å²) >= 11 is 0. The van der Waals surface area contributed by atoms with E-state index in [9.17, 15) is 0 Å². The van der Waals surface area contributed by atoms with Crippen LogP contribution in [0.1, 0.15) is 41.7 Å². The van der Waals surface area contributed by atoms with Crippen molar-refractivity contribution >= 4 is 43.9 Å². The lowest BCUT2D eigenvalue weighted by Gasteiger charge is -2.21. The zero-order valence-electron chi connectivity index (χ0n) is 32.2. The average Bonchev–Trinajstić information content (AvgIpc) is 3.51. The minimum Gasteiger partial charge on any atom is -0.383 e. The van der Waals surface area contributed by atoms with Gasteiger partial charge in [-0.25, -0.2) is 4.99 Å². The molecule has 0 saturated heterocycles. The first kappa shape index (κ1) is 34.5. The molecule has 0 spiro atoms. The van der Waals surface area contributed by atoms with Gasteiger partial charge in [0.1, 0.15) is 5.84 Å². The van der Waals surface area contributed by atoms with E-state index in [-0.39, 0.29) is 5.41 Å². The molecule has 0 aromatic heterocycles. The molecular weight excluding hydrogens is 689 g/mol. The molecule has 0 atom stereocenters. The van der Waals surface area contributed by atoms with E-state index in [0.29, 0.717) is 5.84 Å². The highest BCUT2D eigenvalue weighted by Gasteiger charge is 2.36. The number of nitrogens with zero attached hydrogens (tertiary/aromatic N) is 1. The number of aliphatic imine (C=N–C) groups is 1. The van der Waals surface area contributed by atoms with E-state index in [1.54, 1.807) is 0 Å². The Kier molecular flexibility index (Phi) is 8.42. The zero-order chi connectivity index (χ0) is 38.5. The first-order valence-corrected chi connectivity index (χ1v) is 19.8. The largest absolute Gasteiger partial charge is 0.383 e. The van der Waals surface area contributed by atoms with E-state index in [1.165, 1.54) is 76.8 Å². The minimum atomic E-state index is -0.0564. The quantitative estimate of drug-likeness (QED) is 0.0754. The van der Waals surface area contributed by atoms with E-state index in [0.717, 1.165) is 28.8 Å². The number of benzene rings is 9. The Morgan fingerprint density at radius 2 is 1.11 bits per heavy atom. The maximum absolute atomic E-state index is 6.76. The predicted molar refractivity (Wildman–Crippen MR) is 243 cm³/mol. The zero-order valence-corrected chi connectivity index (χ0v) is 32.2. The summed E-state index contributed by atoms with van der Waals surface area (Å²) in [5, 5.41) is 7.47. The minimum absolute atomic E-state index is 0.0564. The van der Waals surface area contributed by atoms with Crippen molar-refractivity contribution in [3.05, 3.63) is 222 Å². The number of allylic oxidation sites excluding steroid dienone is 1. The van der Waals surface area contributed by atoms with Crippen LogP contribution in [-0.2, 0) is 11.8 Å². The molecular formula is C55H42N2. The molecule has 10 rings (SSSR count). The van der Waals surface area contributed by atoms with Crippen LogP contribution in [0.15, 0.2) is 199 Å². The van der Waals surface area contributed by atoms with Gasteiger partial charge in [0.25, 0.3) is 0 Å². The van der Waals surface area contributed by atoms with Gasteiger partial charge in [-0.3, -0.25) is 0 Å². The van der Waals surface area contributed by atoms with Crippen molar-refractivity contribution in [3.8, 4) is 33.4 Å². The van der Waals surface area contributed by atoms with Crippen molar-refractivity contribution in [1.82, 2.24) is 0 Å². The smallest absolute Gasteiger partial charge is 0.131 e. The molecule has 0 heterocycles. The molecule has 0 bridgehead atoms. The van der Waals surface area contributed by atoms with E-state index in [2.05, 4.69) is 178 Å². The summed E-state index contributed by atoms with van der Waals surface area (Å²) in [5.41, 5.74) is 21.1. The molecule has 2 nitrogen and oxygen atoms in total. The lowest BCUT2D eigenvalue weighted by molar-refractivity contribution is 0.660. The van der Waals surface area contributed by atoms with Gasteiger partial charge in [-0.1, -0.05) is 208 Å². The molecule has 57 heavy (non-hydrogen) atoms. The fourth-order valence-electron chi connectivity index (χ4n) is 9.21. The van der Waals surface area contributed by atoms with Gasteiger partial charge in [0.05, 0.1) is 5.70 Å². The van der Waals surface area contributed by atoms with Gasteiger partial charge in [-0.15, -0.1) is 0 Å². The van der Waals surface area contributed by atoms with Gasteiger partial charge in [0, 0.05) is 11.0 Å². The van der Waals surface area contributed by atoms with Crippen LogP contribution in [0.5, 0.6) is 0 Å². The fraction of sp³-hybridized carbons (Fsp3) is 0.0727. The summed E-state index contributed by atoms with van der Waals surface area (Å²) in [6.45, 7) is 4.67. The second-order valence-corrected chi connectivity index (χ2v) is 15.6. The van der Waals surface area contributed by atoms with Crippen LogP contribution in [0.2, 0.25) is 0 Å². The Hall–Kier alpha value is -7.03. The Bertz CT molecular complexity index is 3040. The molecule has 0 fully saturated rings. The second kappa shape index (κ2) is 13.9. The standard InChI is InChI=1S/C55H42N2/c1-55(2)47-26-14-13-25-45(47)51-39(21-15-27-48(51)55)33-35-49(57-54(56)41-19-7-4-8-20-41)37-28-30-40(31-29-37)52-44-24-12-11-23-43(44)50(38-17-5-3-6-18-38)46-34-32-36-16-9-10-22-42(36)53(46)52/h3-32,34-35H,33H2,1-2H3,(H2,56,57)/b49-35-. The van der Waals surface area contributed by atoms with E-state index < -0.39 is 0 Å². The van der Waals surface area contributed by atoms with Gasteiger partial charge in [-0.05, 0) is 94.4 Å². The Morgan fingerprint density at radius 1 is 0.491 bits per heavy atom. The first-order valence-electron chi connectivity index (χ1n) is 19.8. The van der Waals surface area contributed by atoms with Gasteiger partial charge in [0.2, 0.25) is 0 Å². The number of hydrogen-bond donors (Lipinski definition) is 1. The highest BCUT2D eigenvalue weighted by atomic mass is 14.9. The SMILES string of the molecule is CC1(C)c2ccccc2-c2c(C/C=C(\N=C(N)c3ccccc3)c3ccc(-c4c5ccccc5c(-c5ccccc5)c5ccc6ccccc6c45)cc3)cccc21. The van der Waals surface area contributed by atoms with Crippen LogP contribution >= 0.6 is 0 Å². The van der Waals surface area contributed by atoms with E-state index in [4.69, 9.17) is 10.7 Å². The van der Waals surface area contributed by atoms with Crippen LogP contribution in [0, 0.1) is 0 Å². The summed E-state index contributed by atoms with van der Waals surface area (Å²) in [6, 6.07) is 67.6. The van der Waals surface area contributed by atoms with Crippen molar-refractivity contribution in [2.24, 2.45) is 10.7 Å². The molecule has 1 aliphatic rings. The third kappa shape index (κ3) is 5.84. The summed E-state index contributed by atoms with van der Waals surface area (Å²) in [6.07, 6.45) is 2.97. The maximum atomic E-state index is 6.76. The molecule has 0 radical (unpaired) electrons. The van der Waals surface area contributed by atoms with Gasteiger partial charge < -0.3 is 5.73 Å². The van der Waals surface area contributed by atoms with Gasteiger partial charge in [-0.2, -0.15) is 0 Å². The van der Waals surface area contributed by atoms with Crippen LogP contribution in [0.25, 0.3) is 71.4 Å². The number of amidine groups is 1. The highest BCUT2D eigenvalue weighted by Crippen LogP contribution is 2.50. The Morgan fingerprint density at radius 3 is 1.88 bits per heavy atom. The fourth-order valence-corrected chi connectivity index (χ4v) is 9.21. The normalized spacial score (nSPS) is 13.6. The van der Waals surface area contributed by atoms with Crippen molar-refractivity contribution in [1.29, 1.82) is 0 Å². The predicted octanol–water partition coefficient (Wildman–Crippen LogP) is 13.8. The molecule has 0 amide bonds. The summed E-state index contributed by atoms with van der Waals surface area (Å²) < 4.78 is 0. The molecule has 272 valence electrons. The number of nitrogens with two attached hydrogens (primary N) is 1. The molecule has 9 aromatic carbocycles. The maximum Gasteiger partial charge on any atom is 0.131 e. The van der Waals surface area contributed by atoms with Crippen LogP contribution < -0.4 is 5.73 Å². The van der Waals surface area contributed by atoms with Crippen molar-refractivity contribution in [2.45, 2.75) is 25.7 Å². The second-order valence-electron chi connectivity index (χ2n) is 15.6. The van der Waals surface area contributed by atoms with E-state index >= 15 is 0 Å². The monoisotopic (exact) mass is 730 g/mol. The molecule has 9 aromatic rings. The third-order valence-electron chi connectivity index (χ3n) is 12.0. The molecule has 2 N–H and O–H groups in total. The summed E-state index contributed by atoms with van der Waals surface area (Å²) in [7, 11) is 0. The highest BCUT2D eigenvalue weighted by molar-refractivity contribution is 6.27. The van der Waals surface area contributed by atoms with Crippen LogP contribution in [-0.4, -0.2) is 5.84 Å². The first-order chi connectivity index (χ1) is 28.0. The molecule has 0 unspecified atom stereocenters. The van der Waals surface area contributed by atoms with Gasteiger partial charge >= 0.3 is 0 Å². The van der Waals surface area contributed by atoms with E-state index in [1.807, 2.05) is 30.3 Å². The van der Waals surface area contributed by atoms with Crippen LogP contribution in [0.4, 0.5) is 0 Å².